The van der Waals surface area contributed by atoms with Crippen LogP contribution in [0.15, 0.2) is 53.6 Å². The quantitative estimate of drug-likeness (QED) is 0.778. The largest absolute Gasteiger partial charge is 0.326 e. The third kappa shape index (κ3) is 4.38. The Bertz CT molecular complexity index is 919. The SMILES string of the molecule is CC(=O)Nc1ccccc1C(=O)Nc1ccc(C2=NNC(=O)CC2C)cc1. The van der Waals surface area contributed by atoms with Crippen molar-refractivity contribution in [3.63, 3.8) is 0 Å². The number of para-hydroxylation sites is 1. The molecule has 27 heavy (non-hydrogen) atoms. The minimum atomic E-state index is -0.317. The van der Waals surface area contributed by atoms with Crippen molar-refractivity contribution < 1.29 is 14.4 Å². The minimum absolute atomic E-state index is 0.0312. The molecule has 0 bridgehead atoms. The van der Waals surface area contributed by atoms with Gasteiger partial charge < -0.3 is 10.6 Å². The van der Waals surface area contributed by atoms with Crippen molar-refractivity contribution in [2.75, 3.05) is 10.6 Å². The van der Waals surface area contributed by atoms with Gasteiger partial charge in [-0.05, 0) is 29.8 Å². The van der Waals surface area contributed by atoms with Crippen molar-refractivity contribution in [2.45, 2.75) is 20.3 Å². The van der Waals surface area contributed by atoms with Crippen molar-refractivity contribution in [3.05, 3.63) is 59.7 Å². The minimum Gasteiger partial charge on any atom is -0.326 e. The summed E-state index contributed by atoms with van der Waals surface area (Å²) in [6, 6.07) is 14.1. The molecule has 1 aliphatic heterocycles. The molecule has 0 spiro atoms. The zero-order chi connectivity index (χ0) is 19.4. The van der Waals surface area contributed by atoms with E-state index in [1.165, 1.54) is 6.92 Å². The van der Waals surface area contributed by atoms with Crippen LogP contribution in [-0.2, 0) is 9.59 Å². The lowest BCUT2D eigenvalue weighted by molar-refractivity contribution is -0.122. The van der Waals surface area contributed by atoms with E-state index in [1.807, 2.05) is 19.1 Å². The van der Waals surface area contributed by atoms with Crippen LogP contribution in [0.3, 0.4) is 0 Å². The van der Waals surface area contributed by atoms with E-state index in [4.69, 9.17) is 0 Å². The first-order valence-electron chi connectivity index (χ1n) is 8.59. The maximum absolute atomic E-state index is 12.6. The molecule has 0 radical (unpaired) electrons. The van der Waals surface area contributed by atoms with Crippen LogP contribution in [-0.4, -0.2) is 23.4 Å². The number of benzene rings is 2. The lowest BCUT2D eigenvalue weighted by Crippen LogP contribution is -2.31. The van der Waals surface area contributed by atoms with Gasteiger partial charge in [0.2, 0.25) is 11.8 Å². The van der Waals surface area contributed by atoms with Gasteiger partial charge in [0.05, 0.1) is 17.0 Å². The van der Waals surface area contributed by atoms with Crippen molar-refractivity contribution in [3.8, 4) is 0 Å². The Morgan fingerprint density at radius 3 is 2.44 bits per heavy atom. The van der Waals surface area contributed by atoms with Crippen LogP contribution in [0.5, 0.6) is 0 Å². The third-order valence-electron chi connectivity index (χ3n) is 4.18. The molecule has 0 fully saturated rings. The van der Waals surface area contributed by atoms with Crippen LogP contribution in [0, 0.1) is 5.92 Å². The van der Waals surface area contributed by atoms with Gasteiger partial charge in [-0.2, -0.15) is 5.10 Å². The molecule has 7 heteroatoms. The Balaban J connectivity index is 1.75. The molecule has 3 rings (SSSR count). The van der Waals surface area contributed by atoms with Crippen molar-refractivity contribution >= 4 is 34.8 Å². The fourth-order valence-corrected chi connectivity index (χ4v) is 2.90. The number of carbonyl (C=O) groups is 3. The molecule has 1 atom stereocenters. The number of hydrogen-bond acceptors (Lipinski definition) is 4. The van der Waals surface area contributed by atoms with E-state index in [-0.39, 0.29) is 23.6 Å². The topological polar surface area (TPSA) is 99.7 Å². The Labute approximate surface area is 156 Å². The number of hydrazone groups is 1. The maximum atomic E-state index is 12.6. The van der Waals surface area contributed by atoms with E-state index in [1.54, 1.807) is 36.4 Å². The molecule has 0 saturated heterocycles. The lowest BCUT2D eigenvalue weighted by Gasteiger charge is -2.19. The van der Waals surface area contributed by atoms with E-state index in [0.29, 0.717) is 23.4 Å². The highest BCUT2D eigenvalue weighted by molar-refractivity contribution is 6.10. The van der Waals surface area contributed by atoms with Crippen molar-refractivity contribution in [1.82, 2.24) is 5.43 Å². The second-order valence-electron chi connectivity index (χ2n) is 6.40. The number of amides is 3. The zero-order valence-corrected chi connectivity index (χ0v) is 15.1. The van der Waals surface area contributed by atoms with Crippen LogP contribution in [0.1, 0.15) is 36.2 Å². The molecule has 1 heterocycles. The van der Waals surface area contributed by atoms with Gasteiger partial charge >= 0.3 is 0 Å². The Morgan fingerprint density at radius 2 is 1.78 bits per heavy atom. The highest BCUT2D eigenvalue weighted by Gasteiger charge is 2.21. The number of rotatable bonds is 4. The molecule has 0 saturated carbocycles. The summed E-state index contributed by atoms with van der Waals surface area (Å²) in [6.07, 6.45) is 0.400. The van der Waals surface area contributed by atoms with Crippen molar-refractivity contribution in [2.24, 2.45) is 11.0 Å². The molecule has 3 N–H and O–H groups in total. The van der Waals surface area contributed by atoms with Crippen LogP contribution in [0.25, 0.3) is 0 Å². The third-order valence-corrected chi connectivity index (χ3v) is 4.18. The van der Waals surface area contributed by atoms with Gasteiger partial charge in [0.15, 0.2) is 0 Å². The fraction of sp³-hybridized carbons (Fsp3) is 0.200. The summed E-state index contributed by atoms with van der Waals surface area (Å²) in [5.41, 5.74) is 5.65. The molecule has 2 aromatic carbocycles. The predicted molar refractivity (Wildman–Crippen MR) is 104 cm³/mol. The lowest BCUT2D eigenvalue weighted by atomic mass is 9.94. The number of nitrogens with one attached hydrogen (secondary N) is 3. The average Bonchev–Trinajstić information content (AvgIpc) is 2.62. The standard InChI is InChI=1S/C20H20N4O3/c1-12-11-18(26)23-24-19(12)14-7-9-15(10-8-14)22-20(27)16-5-3-4-6-17(16)21-13(2)25/h3-10,12H,11H2,1-2H3,(H,21,25)(H,22,27)(H,23,26). The van der Waals surface area contributed by atoms with Gasteiger partial charge in [0, 0.05) is 24.9 Å². The van der Waals surface area contributed by atoms with Gasteiger partial charge in [0.1, 0.15) is 0 Å². The molecular weight excluding hydrogens is 344 g/mol. The monoisotopic (exact) mass is 364 g/mol. The summed E-state index contributed by atoms with van der Waals surface area (Å²) in [5.74, 6) is -0.617. The average molecular weight is 364 g/mol. The van der Waals surface area contributed by atoms with Gasteiger partial charge in [-0.25, -0.2) is 5.43 Å². The molecule has 2 aromatic rings. The van der Waals surface area contributed by atoms with Crippen LogP contribution in [0.4, 0.5) is 11.4 Å². The Kier molecular flexibility index (Phi) is 5.30. The first-order chi connectivity index (χ1) is 12.9. The number of nitrogens with zero attached hydrogens (tertiary/aromatic N) is 1. The summed E-state index contributed by atoms with van der Waals surface area (Å²) in [4.78, 5) is 35.2. The molecular formula is C20H20N4O3. The first-order valence-corrected chi connectivity index (χ1v) is 8.59. The highest BCUT2D eigenvalue weighted by atomic mass is 16.2. The normalized spacial score (nSPS) is 16.1. The van der Waals surface area contributed by atoms with Crippen LogP contribution >= 0.6 is 0 Å². The molecule has 0 aliphatic carbocycles. The smallest absolute Gasteiger partial charge is 0.257 e. The summed E-state index contributed by atoms with van der Waals surface area (Å²) in [7, 11) is 0. The van der Waals surface area contributed by atoms with Crippen LogP contribution < -0.4 is 16.1 Å². The molecule has 138 valence electrons. The number of hydrogen-bond donors (Lipinski definition) is 3. The molecule has 3 amide bonds. The molecule has 1 unspecified atom stereocenters. The molecule has 1 aliphatic rings. The summed E-state index contributed by atoms with van der Waals surface area (Å²) in [5, 5.41) is 9.60. The van der Waals surface area contributed by atoms with E-state index < -0.39 is 0 Å². The summed E-state index contributed by atoms with van der Waals surface area (Å²) in [6.45, 7) is 3.34. The van der Waals surface area contributed by atoms with Gasteiger partial charge in [-0.15, -0.1) is 0 Å². The maximum Gasteiger partial charge on any atom is 0.257 e. The predicted octanol–water partition coefficient (Wildman–Crippen LogP) is 2.76. The fourth-order valence-electron chi connectivity index (χ4n) is 2.90. The molecule has 7 nitrogen and oxygen atoms in total. The van der Waals surface area contributed by atoms with Crippen molar-refractivity contribution in [1.29, 1.82) is 0 Å². The first kappa shape index (κ1) is 18.3. The number of carbonyl (C=O) groups excluding carboxylic acids is 3. The van der Waals surface area contributed by atoms with E-state index in [0.717, 1.165) is 11.3 Å². The van der Waals surface area contributed by atoms with E-state index in [9.17, 15) is 14.4 Å². The van der Waals surface area contributed by atoms with E-state index >= 15 is 0 Å². The van der Waals surface area contributed by atoms with E-state index in [2.05, 4.69) is 21.2 Å². The van der Waals surface area contributed by atoms with Gasteiger partial charge in [-0.3, -0.25) is 14.4 Å². The Morgan fingerprint density at radius 1 is 1.07 bits per heavy atom. The highest BCUT2D eigenvalue weighted by Crippen LogP contribution is 2.20. The number of anilines is 2. The Hall–Kier alpha value is -3.48. The second-order valence-corrected chi connectivity index (χ2v) is 6.40. The van der Waals surface area contributed by atoms with Gasteiger partial charge in [0.25, 0.3) is 5.91 Å². The summed E-state index contributed by atoms with van der Waals surface area (Å²) >= 11 is 0. The summed E-state index contributed by atoms with van der Waals surface area (Å²) < 4.78 is 0. The van der Waals surface area contributed by atoms with Crippen LogP contribution in [0.2, 0.25) is 0 Å². The second kappa shape index (κ2) is 7.82. The van der Waals surface area contributed by atoms with Gasteiger partial charge in [-0.1, -0.05) is 31.2 Å². The molecule has 0 aromatic heterocycles. The zero-order valence-electron chi connectivity index (χ0n) is 15.1.